The highest BCUT2D eigenvalue weighted by atomic mass is 32.1. The smallest absolute Gasteiger partial charge is 0.122 e. The summed E-state index contributed by atoms with van der Waals surface area (Å²) in [5.41, 5.74) is 1.31. The zero-order valence-electron chi connectivity index (χ0n) is 12.6. The molecule has 1 aromatic carbocycles. The van der Waals surface area contributed by atoms with Gasteiger partial charge in [-0.1, -0.05) is 18.2 Å². The zero-order chi connectivity index (χ0) is 14.6. The van der Waals surface area contributed by atoms with Gasteiger partial charge >= 0.3 is 0 Å². The molecule has 20 heavy (non-hydrogen) atoms. The lowest BCUT2D eigenvalue weighted by molar-refractivity contribution is 0.410. The quantitative estimate of drug-likeness (QED) is 0.913. The van der Waals surface area contributed by atoms with E-state index in [1.165, 1.54) is 10.4 Å². The van der Waals surface area contributed by atoms with Crippen molar-refractivity contribution >= 4 is 11.3 Å². The van der Waals surface area contributed by atoms with Crippen LogP contribution >= 0.6 is 11.3 Å². The lowest BCUT2D eigenvalue weighted by Gasteiger charge is -2.19. The number of para-hydroxylation sites is 1. The average Bonchev–Trinajstić information content (AvgIpc) is 2.84. The van der Waals surface area contributed by atoms with Crippen molar-refractivity contribution in [3.05, 3.63) is 45.9 Å². The summed E-state index contributed by atoms with van der Waals surface area (Å²) in [6.07, 6.45) is 2.79. The van der Waals surface area contributed by atoms with E-state index in [2.05, 4.69) is 37.1 Å². The van der Waals surface area contributed by atoms with Crippen molar-refractivity contribution in [2.45, 2.75) is 39.3 Å². The first kappa shape index (κ1) is 15.0. The molecule has 0 atom stereocenters. The normalized spacial score (nSPS) is 11.6. The summed E-state index contributed by atoms with van der Waals surface area (Å²) in [5.74, 6) is 0.928. The van der Waals surface area contributed by atoms with Crippen molar-refractivity contribution in [2.24, 2.45) is 0 Å². The number of rotatable bonds is 5. The number of methoxy groups -OCH3 is 1. The third-order valence-electron chi connectivity index (χ3n) is 2.93. The highest BCUT2D eigenvalue weighted by molar-refractivity contribution is 7.11. The van der Waals surface area contributed by atoms with Crippen LogP contribution < -0.4 is 10.1 Å². The number of benzene rings is 1. The maximum absolute atomic E-state index is 5.38. The third-order valence-corrected chi connectivity index (χ3v) is 3.93. The Morgan fingerprint density at radius 2 is 2.00 bits per heavy atom. The fourth-order valence-electron chi connectivity index (χ4n) is 1.88. The number of aromatic nitrogens is 1. The van der Waals surface area contributed by atoms with Crippen LogP contribution in [0, 0.1) is 0 Å². The van der Waals surface area contributed by atoms with Gasteiger partial charge in [0.1, 0.15) is 5.75 Å². The van der Waals surface area contributed by atoms with Gasteiger partial charge in [-0.2, -0.15) is 0 Å². The van der Waals surface area contributed by atoms with E-state index in [4.69, 9.17) is 4.74 Å². The van der Waals surface area contributed by atoms with Crippen molar-refractivity contribution in [1.82, 2.24) is 10.3 Å². The fourth-order valence-corrected chi connectivity index (χ4v) is 2.76. The molecular formula is C16H22N2OS. The van der Waals surface area contributed by atoms with Crippen LogP contribution in [0.2, 0.25) is 0 Å². The number of hydrogen-bond donors (Lipinski definition) is 1. The van der Waals surface area contributed by atoms with Gasteiger partial charge in [0.05, 0.1) is 12.1 Å². The molecule has 4 heteroatoms. The standard InChI is InChI=1S/C16H22N2OS/c1-16(2,3)18-11-13-10-17-15(20-13)9-12-7-5-6-8-14(12)19-4/h5-8,10,18H,9,11H2,1-4H3. The topological polar surface area (TPSA) is 34.1 Å². The third kappa shape index (κ3) is 4.32. The second-order valence-corrected chi connectivity index (χ2v) is 7.01. The molecule has 0 fully saturated rings. The van der Waals surface area contributed by atoms with Crippen molar-refractivity contribution in [1.29, 1.82) is 0 Å². The molecule has 0 saturated carbocycles. The molecule has 1 heterocycles. The Kier molecular flexibility index (Phi) is 4.78. The summed E-state index contributed by atoms with van der Waals surface area (Å²) >= 11 is 1.76. The lowest BCUT2D eigenvalue weighted by Crippen LogP contribution is -2.34. The molecule has 2 aromatic rings. The van der Waals surface area contributed by atoms with Crippen LogP contribution in [0.3, 0.4) is 0 Å². The van der Waals surface area contributed by atoms with E-state index in [1.807, 2.05) is 24.4 Å². The maximum Gasteiger partial charge on any atom is 0.122 e. The van der Waals surface area contributed by atoms with E-state index < -0.39 is 0 Å². The molecule has 0 amide bonds. The first-order valence-electron chi connectivity index (χ1n) is 6.78. The van der Waals surface area contributed by atoms with Gasteiger partial charge in [-0.05, 0) is 26.8 Å². The Balaban J connectivity index is 2.02. The van der Waals surface area contributed by atoms with E-state index in [0.717, 1.165) is 23.7 Å². The Morgan fingerprint density at radius 1 is 1.25 bits per heavy atom. The van der Waals surface area contributed by atoms with Crippen LogP contribution in [0.25, 0.3) is 0 Å². The first-order chi connectivity index (χ1) is 9.48. The Morgan fingerprint density at radius 3 is 2.70 bits per heavy atom. The predicted molar refractivity (Wildman–Crippen MR) is 84.5 cm³/mol. The van der Waals surface area contributed by atoms with Gasteiger partial charge in [0.25, 0.3) is 0 Å². The monoisotopic (exact) mass is 290 g/mol. The predicted octanol–water partition coefficient (Wildman–Crippen LogP) is 3.63. The van der Waals surface area contributed by atoms with Gasteiger partial charge in [0, 0.05) is 35.1 Å². The molecule has 0 radical (unpaired) electrons. The molecule has 1 N–H and O–H groups in total. The minimum atomic E-state index is 0.132. The number of ether oxygens (including phenoxy) is 1. The summed E-state index contributed by atoms with van der Waals surface area (Å²) in [5, 5.41) is 4.61. The van der Waals surface area contributed by atoms with Gasteiger partial charge in [0.15, 0.2) is 0 Å². The Hall–Kier alpha value is -1.39. The van der Waals surface area contributed by atoms with E-state index in [1.54, 1.807) is 18.4 Å². The average molecular weight is 290 g/mol. The maximum atomic E-state index is 5.38. The second-order valence-electron chi connectivity index (χ2n) is 5.81. The van der Waals surface area contributed by atoms with Crippen molar-refractivity contribution in [3.8, 4) is 5.75 Å². The highest BCUT2D eigenvalue weighted by Crippen LogP contribution is 2.23. The molecule has 0 bridgehead atoms. The number of nitrogens with one attached hydrogen (secondary N) is 1. The van der Waals surface area contributed by atoms with Gasteiger partial charge < -0.3 is 10.1 Å². The molecule has 0 unspecified atom stereocenters. The minimum absolute atomic E-state index is 0.132. The van der Waals surface area contributed by atoms with E-state index in [0.29, 0.717) is 0 Å². The van der Waals surface area contributed by atoms with Crippen LogP contribution in [0.5, 0.6) is 5.75 Å². The molecule has 3 nitrogen and oxygen atoms in total. The van der Waals surface area contributed by atoms with Gasteiger partial charge in [-0.25, -0.2) is 4.98 Å². The summed E-state index contributed by atoms with van der Waals surface area (Å²) in [6.45, 7) is 7.38. The lowest BCUT2D eigenvalue weighted by atomic mass is 10.1. The van der Waals surface area contributed by atoms with E-state index >= 15 is 0 Å². The Bertz CT molecular complexity index is 558. The van der Waals surface area contributed by atoms with Crippen LogP contribution in [-0.4, -0.2) is 17.6 Å². The summed E-state index contributed by atoms with van der Waals surface area (Å²) in [7, 11) is 1.71. The molecule has 108 valence electrons. The van der Waals surface area contributed by atoms with Gasteiger partial charge in [0.2, 0.25) is 0 Å². The van der Waals surface area contributed by atoms with E-state index in [9.17, 15) is 0 Å². The van der Waals surface area contributed by atoms with E-state index in [-0.39, 0.29) is 5.54 Å². The second kappa shape index (κ2) is 6.37. The fraction of sp³-hybridized carbons (Fsp3) is 0.438. The van der Waals surface area contributed by atoms with Crippen molar-refractivity contribution in [2.75, 3.05) is 7.11 Å². The number of hydrogen-bond acceptors (Lipinski definition) is 4. The number of nitrogens with zero attached hydrogens (tertiary/aromatic N) is 1. The molecule has 1 aromatic heterocycles. The molecular weight excluding hydrogens is 268 g/mol. The highest BCUT2D eigenvalue weighted by Gasteiger charge is 2.11. The molecule has 0 spiro atoms. The molecule has 0 aliphatic carbocycles. The first-order valence-corrected chi connectivity index (χ1v) is 7.60. The van der Waals surface area contributed by atoms with Gasteiger partial charge in [-0.3, -0.25) is 0 Å². The minimum Gasteiger partial charge on any atom is -0.496 e. The molecule has 0 aliphatic heterocycles. The molecule has 0 aliphatic rings. The summed E-state index contributed by atoms with van der Waals surface area (Å²) in [4.78, 5) is 5.78. The number of thiazole rings is 1. The van der Waals surface area contributed by atoms with Crippen molar-refractivity contribution in [3.63, 3.8) is 0 Å². The summed E-state index contributed by atoms with van der Waals surface area (Å²) < 4.78 is 5.38. The van der Waals surface area contributed by atoms with Crippen LogP contribution in [0.1, 0.15) is 36.2 Å². The van der Waals surface area contributed by atoms with Crippen LogP contribution in [-0.2, 0) is 13.0 Å². The zero-order valence-corrected chi connectivity index (χ0v) is 13.4. The largest absolute Gasteiger partial charge is 0.496 e. The van der Waals surface area contributed by atoms with Gasteiger partial charge in [-0.15, -0.1) is 11.3 Å². The van der Waals surface area contributed by atoms with Crippen LogP contribution in [0.15, 0.2) is 30.5 Å². The Labute approximate surface area is 125 Å². The summed E-state index contributed by atoms with van der Waals surface area (Å²) in [6, 6.07) is 8.11. The SMILES string of the molecule is COc1ccccc1Cc1ncc(CNC(C)(C)C)s1. The van der Waals surface area contributed by atoms with Crippen LogP contribution in [0.4, 0.5) is 0 Å². The van der Waals surface area contributed by atoms with Crippen molar-refractivity contribution < 1.29 is 4.74 Å². The molecule has 0 saturated heterocycles. The molecule has 2 rings (SSSR count).